The molecule has 0 aromatic carbocycles. The molecule has 0 spiro atoms. The van der Waals surface area contributed by atoms with Crippen LogP contribution in [0.15, 0.2) is 31.8 Å². The molecule has 0 amide bonds. The van der Waals surface area contributed by atoms with E-state index in [0.29, 0.717) is 35.4 Å². The smallest absolute Gasteiger partial charge is 0.330 e. The summed E-state index contributed by atoms with van der Waals surface area (Å²) < 4.78 is 2.22. The van der Waals surface area contributed by atoms with Crippen molar-refractivity contribution >= 4 is 22.3 Å². The molecule has 0 bridgehead atoms. The minimum Gasteiger partial charge on any atom is -0.339 e. The van der Waals surface area contributed by atoms with Crippen LogP contribution in [0.1, 0.15) is 13.8 Å². The van der Waals surface area contributed by atoms with Crippen LogP contribution in [0, 0.1) is 0 Å². The van der Waals surface area contributed by atoms with Gasteiger partial charge in [0.25, 0.3) is 11.1 Å². The summed E-state index contributed by atoms with van der Waals surface area (Å²) in [7, 11) is 0. The molecular weight excluding hydrogens is 344 g/mol. The van der Waals surface area contributed by atoms with Gasteiger partial charge in [-0.05, 0) is 13.8 Å². The first kappa shape index (κ1) is 17.1. The van der Waals surface area contributed by atoms with E-state index in [9.17, 15) is 19.2 Å². The topological polar surface area (TPSA) is 167 Å². The number of hydrogen-bond donors (Lipinski definition) is 4. The first-order chi connectivity index (χ1) is 12.5. The van der Waals surface area contributed by atoms with Crippen molar-refractivity contribution < 1.29 is 0 Å². The Hall–Kier alpha value is -3.70. The predicted octanol–water partition coefficient (Wildman–Crippen LogP) is -1.13. The monoisotopic (exact) mass is 360 g/mol. The van der Waals surface area contributed by atoms with Gasteiger partial charge in [0.1, 0.15) is 11.0 Å². The summed E-state index contributed by atoms with van der Waals surface area (Å²) in [5.41, 5.74) is -0.237. The molecule has 4 aromatic heterocycles. The number of aromatic amines is 4. The Morgan fingerprint density at radius 3 is 1.50 bits per heavy atom. The van der Waals surface area contributed by atoms with Gasteiger partial charge in [0.2, 0.25) is 0 Å². The second kappa shape index (κ2) is 6.66. The molecule has 26 heavy (non-hydrogen) atoms. The van der Waals surface area contributed by atoms with Gasteiger partial charge in [-0.1, -0.05) is 0 Å². The highest BCUT2D eigenvalue weighted by Crippen LogP contribution is 1.95. The minimum atomic E-state index is -0.424. The largest absolute Gasteiger partial charge is 0.339 e. The first-order valence-electron chi connectivity index (χ1n) is 7.80. The molecule has 136 valence electrons. The Morgan fingerprint density at radius 2 is 1.15 bits per heavy atom. The lowest BCUT2D eigenvalue weighted by atomic mass is 10.5. The zero-order chi connectivity index (χ0) is 18.8. The fourth-order valence-corrected chi connectivity index (χ4v) is 2.47. The van der Waals surface area contributed by atoms with Gasteiger partial charge in [0.05, 0.1) is 12.7 Å². The number of aromatic nitrogens is 8. The van der Waals surface area contributed by atoms with Gasteiger partial charge in [-0.2, -0.15) is 0 Å². The molecule has 0 radical (unpaired) electrons. The maximum atomic E-state index is 11.5. The van der Waals surface area contributed by atoms with Crippen molar-refractivity contribution in [3.8, 4) is 0 Å². The van der Waals surface area contributed by atoms with Gasteiger partial charge < -0.3 is 9.97 Å². The van der Waals surface area contributed by atoms with Crippen LogP contribution in [-0.4, -0.2) is 39.0 Å². The molecule has 0 aliphatic heterocycles. The summed E-state index contributed by atoms with van der Waals surface area (Å²) in [6, 6.07) is 0. The molecule has 0 fully saturated rings. The number of imidazole rings is 2. The Morgan fingerprint density at radius 1 is 0.769 bits per heavy atom. The molecule has 0 aliphatic carbocycles. The van der Waals surface area contributed by atoms with Crippen molar-refractivity contribution in [3.05, 3.63) is 54.3 Å². The summed E-state index contributed by atoms with van der Waals surface area (Å²) in [6.45, 7) is 4.17. The highest BCUT2D eigenvalue weighted by molar-refractivity contribution is 5.68. The standard InChI is InChI=1S/2C7H8N4O2/c2*1-2-11-6(12)4-5(9-3-8-4)10-7(11)13/h2*3H,2H2,1H3,(H,8,9)(H,10,13). The van der Waals surface area contributed by atoms with Crippen LogP contribution in [0.4, 0.5) is 0 Å². The van der Waals surface area contributed by atoms with E-state index in [1.54, 1.807) is 13.8 Å². The molecule has 0 atom stereocenters. The average molecular weight is 360 g/mol. The van der Waals surface area contributed by atoms with E-state index in [4.69, 9.17) is 0 Å². The number of fused-ring (bicyclic) bond motifs is 2. The van der Waals surface area contributed by atoms with Crippen LogP contribution in [0.5, 0.6) is 0 Å². The third-order valence-electron chi connectivity index (χ3n) is 3.77. The summed E-state index contributed by atoms with van der Waals surface area (Å²) in [6.07, 6.45) is 2.75. The summed E-state index contributed by atoms with van der Waals surface area (Å²) in [4.78, 5) is 63.4. The molecule has 0 saturated heterocycles. The van der Waals surface area contributed by atoms with Crippen molar-refractivity contribution in [3.63, 3.8) is 0 Å². The number of H-pyrrole nitrogens is 4. The van der Waals surface area contributed by atoms with E-state index in [-0.39, 0.29) is 11.1 Å². The third kappa shape index (κ3) is 2.76. The Balaban J connectivity index is 0.000000151. The molecule has 12 heteroatoms. The highest BCUT2D eigenvalue weighted by Gasteiger charge is 2.07. The van der Waals surface area contributed by atoms with Crippen LogP contribution in [0.25, 0.3) is 22.3 Å². The molecule has 4 aromatic rings. The second-order valence-electron chi connectivity index (χ2n) is 5.21. The molecule has 0 unspecified atom stereocenters. The van der Waals surface area contributed by atoms with E-state index in [1.165, 1.54) is 12.7 Å². The molecule has 4 rings (SSSR count). The van der Waals surface area contributed by atoms with Crippen molar-refractivity contribution in [1.82, 2.24) is 39.0 Å². The fourth-order valence-electron chi connectivity index (χ4n) is 2.47. The molecule has 0 saturated carbocycles. The lowest BCUT2D eigenvalue weighted by molar-refractivity contribution is 0.682. The molecular formula is C14H16N8O4. The summed E-state index contributed by atoms with van der Waals surface area (Å²) in [5, 5.41) is 0. The van der Waals surface area contributed by atoms with Crippen LogP contribution in [-0.2, 0) is 13.1 Å². The zero-order valence-corrected chi connectivity index (χ0v) is 14.0. The van der Waals surface area contributed by atoms with Crippen molar-refractivity contribution in [1.29, 1.82) is 0 Å². The second-order valence-corrected chi connectivity index (χ2v) is 5.21. The van der Waals surface area contributed by atoms with Gasteiger partial charge in [-0.15, -0.1) is 0 Å². The predicted molar refractivity (Wildman–Crippen MR) is 93.3 cm³/mol. The van der Waals surface area contributed by atoms with Gasteiger partial charge in [-0.25, -0.2) is 19.6 Å². The maximum Gasteiger partial charge on any atom is 0.330 e. The maximum absolute atomic E-state index is 11.5. The summed E-state index contributed by atoms with van der Waals surface area (Å²) in [5.74, 6) is 0. The number of rotatable bonds is 2. The minimum absolute atomic E-state index is 0.305. The lowest BCUT2D eigenvalue weighted by Gasteiger charge is -1.97. The number of nitrogens with zero attached hydrogens (tertiary/aromatic N) is 4. The van der Waals surface area contributed by atoms with Crippen LogP contribution < -0.4 is 22.5 Å². The van der Waals surface area contributed by atoms with E-state index < -0.39 is 11.4 Å². The van der Waals surface area contributed by atoms with Gasteiger partial charge >= 0.3 is 11.4 Å². The van der Waals surface area contributed by atoms with Gasteiger partial charge in [-0.3, -0.25) is 28.7 Å². The van der Waals surface area contributed by atoms with Crippen LogP contribution >= 0.6 is 0 Å². The van der Waals surface area contributed by atoms with Crippen molar-refractivity contribution in [2.24, 2.45) is 0 Å². The van der Waals surface area contributed by atoms with Crippen LogP contribution in [0.3, 0.4) is 0 Å². The number of hydrogen-bond acceptors (Lipinski definition) is 6. The summed E-state index contributed by atoms with van der Waals surface area (Å²) >= 11 is 0. The van der Waals surface area contributed by atoms with Crippen molar-refractivity contribution in [2.75, 3.05) is 0 Å². The molecule has 4 heterocycles. The van der Waals surface area contributed by atoms with E-state index in [0.717, 1.165) is 9.13 Å². The Kier molecular flexibility index (Phi) is 4.39. The van der Waals surface area contributed by atoms with E-state index in [2.05, 4.69) is 29.9 Å². The third-order valence-corrected chi connectivity index (χ3v) is 3.77. The van der Waals surface area contributed by atoms with Crippen molar-refractivity contribution in [2.45, 2.75) is 26.9 Å². The SMILES string of the molecule is CCn1c(=O)[nH]c2nc[nH]c2c1=O.CCn1c(=O)[nH]c2nc[nH]c2c1=O. The lowest BCUT2D eigenvalue weighted by Crippen LogP contribution is -2.34. The van der Waals surface area contributed by atoms with Gasteiger partial charge in [0.15, 0.2) is 11.3 Å². The zero-order valence-electron chi connectivity index (χ0n) is 14.0. The average Bonchev–Trinajstić information content (AvgIpc) is 3.25. The molecule has 0 aliphatic rings. The quantitative estimate of drug-likeness (QED) is 0.352. The normalized spacial score (nSPS) is 10.8. The first-order valence-corrected chi connectivity index (χ1v) is 7.80. The highest BCUT2D eigenvalue weighted by atomic mass is 16.2. The molecule has 12 nitrogen and oxygen atoms in total. The fraction of sp³-hybridized carbons (Fsp3) is 0.286. The Labute approximate surface area is 143 Å². The number of nitrogens with one attached hydrogen (secondary N) is 4. The van der Waals surface area contributed by atoms with Gasteiger partial charge in [0, 0.05) is 13.1 Å². The van der Waals surface area contributed by atoms with Crippen LogP contribution in [0.2, 0.25) is 0 Å². The van der Waals surface area contributed by atoms with E-state index >= 15 is 0 Å². The van der Waals surface area contributed by atoms with E-state index in [1.807, 2.05) is 0 Å². The Bertz CT molecular complexity index is 1200. The molecule has 4 N–H and O–H groups in total.